The van der Waals surface area contributed by atoms with Gasteiger partial charge in [-0.1, -0.05) is 42.5 Å². The van der Waals surface area contributed by atoms with Crippen LogP contribution in [0.1, 0.15) is 27.7 Å². The number of fused-ring (bicyclic) bond motifs is 1. The maximum absolute atomic E-state index is 13.2. The first-order valence-electron chi connectivity index (χ1n) is 8.02. The van der Waals surface area contributed by atoms with E-state index in [0.29, 0.717) is 11.1 Å². The van der Waals surface area contributed by atoms with Gasteiger partial charge in [0.25, 0.3) is 5.91 Å². The minimum Gasteiger partial charge on any atom is -0.360 e. The molecule has 1 aliphatic heterocycles. The van der Waals surface area contributed by atoms with Crippen molar-refractivity contribution in [2.75, 3.05) is 10.2 Å². The molecule has 1 atom stereocenters. The van der Waals surface area contributed by atoms with Gasteiger partial charge in [-0.3, -0.25) is 9.69 Å². The first-order valence-corrected chi connectivity index (χ1v) is 8.02. The fraction of sp³-hybridized carbons (Fsp3) is 0.0476. The zero-order chi connectivity index (χ0) is 17.2. The third-order valence-corrected chi connectivity index (χ3v) is 4.29. The van der Waals surface area contributed by atoms with Crippen LogP contribution in [0.15, 0.2) is 78.9 Å². The van der Waals surface area contributed by atoms with Crippen LogP contribution < -0.4 is 10.2 Å². The first kappa shape index (κ1) is 15.0. The van der Waals surface area contributed by atoms with Gasteiger partial charge in [-0.05, 0) is 42.0 Å². The highest BCUT2D eigenvalue weighted by molar-refractivity contribution is 6.12. The molecule has 1 heterocycles. The van der Waals surface area contributed by atoms with E-state index in [1.54, 1.807) is 11.0 Å². The van der Waals surface area contributed by atoms with Crippen molar-refractivity contribution < 1.29 is 4.79 Å². The van der Waals surface area contributed by atoms with Gasteiger partial charge in [0.05, 0.1) is 17.2 Å². The number of carbonyl (C=O) groups is 1. The van der Waals surface area contributed by atoms with Crippen molar-refractivity contribution in [2.45, 2.75) is 6.17 Å². The number of carbonyl (C=O) groups excluding carboxylic acids is 1. The maximum Gasteiger partial charge on any atom is 0.262 e. The molecule has 1 amide bonds. The van der Waals surface area contributed by atoms with Crippen LogP contribution in [0.5, 0.6) is 0 Å². The van der Waals surface area contributed by atoms with Crippen LogP contribution in [0, 0.1) is 11.3 Å². The number of amides is 1. The molecule has 0 radical (unpaired) electrons. The van der Waals surface area contributed by atoms with E-state index in [0.717, 1.165) is 16.9 Å². The molecule has 4 heteroatoms. The molecule has 0 fully saturated rings. The lowest BCUT2D eigenvalue weighted by Crippen LogP contribution is -2.43. The van der Waals surface area contributed by atoms with E-state index in [1.165, 1.54) is 0 Å². The summed E-state index contributed by atoms with van der Waals surface area (Å²) in [6.45, 7) is 0. The molecular weight excluding hydrogens is 310 g/mol. The van der Waals surface area contributed by atoms with Gasteiger partial charge in [0.2, 0.25) is 0 Å². The third kappa shape index (κ3) is 2.62. The van der Waals surface area contributed by atoms with Crippen molar-refractivity contribution in [3.8, 4) is 6.07 Å². The van der Waals surface area contributed by atoms with Crippen molar-refractivity contribution >= 4 is 17.3 Å². The van der Waals surface area contributed by atoms with Crippen molar-refractivity contribution in [3.63, 3.8) is 0 Å². The van der Waals surface area contributed by atoms with Crippen LogP contribution in [-0.4, -0.2) is 5.91 Å². The summed E-state index contributed by atoms with van der Waals surface area (Å²) in [4.78, 5) is 14.9. The van der Waals surface area contributed by atoms with Gasteiger partial charge in [-0.25, -0.2) is 0 Å². The summed E-state index contributed by atoms with van der Waals surface area (Å²) >= 11 is 0. The van der Waals surface area contributed by atoms with Crippen LogP contribution in [-0.2, 0) is 0 Å². The number of hydrogen-bond acceptors (Lipinski definition) is 3. The molecule has 0 bridgehead atoms. The quantitative estimate of drug-likeness (QED) is 0.763. The fourth-order valence-electron chi connectivity index (χ4n) is 3.12. The number of benzene rings is 3. The number of para-hydroxylation sites is 2. The molecule has 3 aromatic rings. The van der Waals surface area contributed by atoms with E-state index in [1.807, 2.05) is 72.8 Å². The molecule has 3 aromatic carbocycles. The maximum atomic E-state index is 13.2. The van der Waals surface area contributed by atoms with Gasteiger partial charge in [0.1, 0.15) is 6.17 Å². The Morgan fingerprint density at radius 3 is 2.48 bits per heavy atom. The lowest BCUT2D eigenvalue weighted by molar-refractivity contribution is 0.0975. The SMILES string of the molecule is N#Cc1cccc(C2Nc3ccccc3C(=O)N2c2ccccc2)c1. The zero-order valence-electron chi connectivity index (χ0n) is 13.4. The van der Waals surface area contributed by atoms with Crippen LogP contribution in [0.3, 0.4) is 0 Å². The predicted molar refractivity (Wildman–Crippen MR) is 97.2 cm³/mol. The Morgan fingerprint density at radius 2 is 1.68 bits per heavy atom. The molecule has 0 spiro atoms. The topological polar surface area (TPSA) is 56.1 Å². The van der Waals surface area contributed by atoms with Gasteiger partial charge in [0.15, 0.2) is 0 Å². The third-order valence-electron chi connectivity index (χ3n) is 4.29. The van der Waals surface area contributed by atoms with Crippen LogP contribution >= 0.6 is 0 Å². The number of hydrogen-bond donors (Lipinski definition) is 1. The van der Waals surface area contributed by atoms with E-state index in [4.69, 9.17) is 0 Å². The van der Waals surface area contributed by atoms with E-state index < -0.39 is 0 Å². The molecule has 0 saturated heterocycles. The number of nitriles is 1. The van der Waals surface area contributed by atoms with Crippen molar-refractivity contribution in [1.29, 1.82) is 5.26 Å². The summed E-state index contributed by atoms with van der Waals surface area (Å²) in [6, 6.07) is 26.5. The summed E-state index contributed by atoms with van der Waals surface area (Å²) in [5.41, 5.74) is 3.68. The number of anilines is 2. The summed E-state index contributed by atoms with van der Waals surface area (Å²) in [7, 11) is 0. The second-order valence-electron chi connectivity index (χ2n) is 5.84. The summed E-state index contributed by atoms with van der Waals surface area (Å²) < 4.78 is 0. The van der Waals surface area contributed by atoms with Gasteiger partial charge in [-0.2, -0.15) is 5.26 Å². The van der Waals surface area contributed by atoms with Crippen LogP contribution in [0.2, 0.25) is 0 Å². The monoisotopic (exact) mass is 325 g/mol. The smallest absolute Gasteiger partial charge is 0.262 e. The molecule has 1 aliphatic rings. The molecule has 0 aliphatic carbocycles. The van der Waals surface area contributed by atoms with Crippen LogP contribution in [0.25, 0.3) is 0 Å². The largest absolute Gasteiger partial charge is 0.360 e. The molecule has 1 unspecified atom stereocenters. The molecule has 0 saturated carbocycles. The molecule has 4 nitrogen and oxygen atoms in total. The molecule has 0 aromatic heterocycles. The average molecular weight is 325 g/mol. The molecule has 4 rings (SSSR count). The summed E-state index contributed by atoms with van der Waals surface area (Å²) in [5, 5.41) is 12.6. The predicted octanol–water partition coefficient (Wildman–Crippen LogP) is 4.33. The van der Waals surface area contributed by atoms with Gasteiger partial charge >= 0.3 is 0 Å². The Morgan fingerprint density at radius 1 is 0.920 bits per heavy atom. The summed E-state index contributed by atoms with van der Waals surface area (Å²) in [5.74, 6) is -0.0621. The Kier molecular flexibility index (Phi) is 3.68. The Hall–Kier alpha value is -3.58. The van der Waals surface area contributed by atoms with E-state index in [-0.39, 0.29) is 12.1 Å². The lowest BCUT2D eigenvalue weighted by atomic mass is 10.0. The van der Waals surface area contributed by atoms with E-state index in [9.17, 15) is 10.1 Å². The standard InChI is InChI=1S/C21H15N3O/c22-14-15-7-6-8-16(13-15)20-23-19-12-5-4-11-18(19)21(25)24(20)17-9-2-1-3-10-17/h1-13,20,23H. The lowest BCUT2D eigenvalue weighted by Gasteiger charge is -2.38. The van der Waals surface area contributed by atoms with Crippen LogP contribution in [0.4, 0.5) is 11.4 Å². The molecule has 120 valence electrons. The van der Waals surface area contributed by atoms with Gasteiger partial charge in [-0.15, -0.1) is 0 Å². The zero-order valence-corrected chi connectivity index (χ0v) is 13.4. The highest BCUT2D eigenvalue weighted by Crippen LogP contribution is 2.36. The number of rotatable bonds is 2. The molecular formula is C21H15N3O. The Balaban J connectivity index is 1.88. The highest BCUT2D eigenvalue weighted by atomic mass is 16.2. The van der Waals surface area contributed by atoms with E-state index >= 15 is 0 Å². The average Bonchev–Trinajstić information content (AvgIpc) is 2.68. The molecule has 25 heavy (non-hydrogen) atoms. The van der Waals surface area contributed by atoms with Crippen molar-refractivity contribution in [3.05, 3.63) is 95.6 Å². The first-order chi connectivity index (χ1) is 12.3. The second kappa shape index (κ2) is 6.14. The van der Waals surface area contributed by atoms with E-state index in [2.05, 4.69) is 11.4 Å². The van der Waals surface area contributed by atoms with Gasteiger partial charge < -0.3 is 5.32 Å². The van der Waals surface area contributed by atoms with Gasteiger partial charge in [0, 0.05) is 11.4 Å². The normalized spacial score (nSPS) is 15.9. The Bertz CT molecular complexity index is 976. The minimum absolute atomic E-state index is 0.0621. The van der Waals surface area contributed by atoms with Crippen molar-refractivity contribution in [1.82, 2.24) is 0 Å². The number of nitrogens with one attached hydrogen (secondary N) is 1. The number of nitrogens with zero attached hydrogens (tertiary/aromatic N) is 2. The second-order valence-corrected chi connectivity index (χ2v) is 5.84. The Labute approximate surface area is 145 Å². The highest BCUT2D eigenvalue weighted by Gasteiger charge is 2.33. The fourth-order valence-corrected chi connectivity index (χ4v) is 3.12. The molecule has 1 N–H and O–H groups in total. The minimum atomic E-state index is -0.377. The summed E-state index contributed by atoms with van der Waals surface area (Å²) in [6.07, 6.45) is -0.377. The van der Waals surface area contributed by atoms with Crippen molar-refractivity contribution in [2.24, 2.45) is 0 Å².